The standard InChI is InChI=1S/C23H26N6O3/c1-3-19-18(15-24-29(19)20-9-10-21(32-2)27-26-20)23(31)28-13-11-17(12-14-28)25-22(30)16-7-5-4-6-8-16/h4-10,15,17H,3,11-14H2,1-2H3,(H,25,30). The number of amides is 2. The minimum absolute atomic E-state index is 0.0506. The van der Waals surface area contributed by atoms with Crippen molar-refractivity contribution in [2.24, 2.45) is 0 Å². The molecule has 0 atom stereocenters. The molecule has 0 aliphatic carbocycles. The predicted molar refractivity (Wildman–Crippen MR) is 118 cm³/mol. The summed E-state index contributed by atoms with van der Waals surface area (Å²) in [5.41, 5.74) is 2.00. The summed E-state index contributed by atoms with van der Waals surface area (Å²) < 4.78 is 6.70. The lowest BCUT2D eigenvalue weighted by Gasteiger charge is -2.32. The first-order valence-corrected chi connectivity index (χ1v) is 10.7. The van der Waals surface area contributed by atoms with Crippen molar-refractivity contribution in [1.29, 1.82) is 0 Å². The second kappa shape index (κ2) is 9.59. The summed E-state index contributed by atoms with van der Waals surface area (Å²) in [6, 6.07) is 12.7. The average Bonchev–Trinajstić information content (AvgIpc) is 3.28. The number of ether oxygens (including phenoxy) is 1. The summed E-state index contributed by atoms with van der Waals surface area (Å²) in [5, 5.41) is 15.6. The van der Waals surface area contributed by atoms with E-state index in [0.29, 0.717) is 55.2 Å². The maximum Gasteiger partial charge on any atom is 0.257 e. The van der Waals surface area contributed by atoms with E-state index in [-0.39, 0.29) is 17.9 Å². The fraction of sp³-hybridized carbons (Fsp3) is 0.348. The number of hydrogen-bond donors (Lipinski definition) is 1. The lowest BCUT2D eigenvalue weighted by atomic mass is 10.0. The lowest BCUT2D eigenvalue weighted by molar-refractivity contribution is 0.0697. The molecule has 3 aromatic rings. The van der Waals surface area contributed by atoms with Crippen LogP contribution in [-0.4, -0.2) is 62.9 Å². The van der Waals surface area contributed by atoms with Crippen LogP contribution in [0, 0.1) is 0 Å². The highest BCUT2D eigenvalue weighted by Crippen LogP contribution is 2.20. The number of carbonyl (C=O) groups is 2. The molecule has 4 rings (SSSR count). The molecule has 9 heteroatoms. The molecule has 1 aliphatic heterocycles. The van der Waals surface area contributed by atoms with E-state index >= 15 is 0 Å². The minimum atomic E-state index is -0.0782. The molecule has 1 aliphatic rings. The molecule has 0 spiro atoms. The molecule has 32 heavy (non-hydrogen) atoms. The number of piperidine rings is 1. The van der Waals surface area contributed by atoms with E-state index in [1.165, 1.54) is 7.11 Å². The number of carbonyl (C=O) groups excluding carboxylic acids is 2. The summed E-state index contributed by atoms with van der Waals surface area (Å²) in [7, 11) is 1.53. The van der Waals surface area contributed by atoms with Gasteiger partial charge in [0.2, 0.25) is 5.88 Å². The van der Waals surface area contributed by atoms with Crippen molar-refractivity contribution >= 4 is 11.8 Å². The summed E-state index contributed by atoms with van der Waals surface area (Å²) in [4.78, 5) is 27.4. The van der Waals surface area contributed by atoms with Gasteiger partial charge in [0.25, 0.3) is 11.8 Å². The Morgan fingerprint density at radius 1 is 1.09 bits per heavy atom. The fourth-order valence-corrected chi connectivity index (χ4v) is 3.88. The maximum absolute atomic E-state index is 13.2. The predicted octanol–water partition coefficient (Wildman–Crippen LogP) is 2.27. The zero-order chi connectivity index (χ0) is 22.5. The van der Waals surface area contributed by atoms with Gasteiger partial charge in [-0.1, -0.05) is 25.1 Å². The Labute approximate surface area is 186 Å². The number of aromatic nitrogens is 4. The molecular formula is C23H26N6O3. The number of methoxy groups -OCH3 is 1. The third kappa shape index (κ3) is 4.46. The van der Waals surface area contributed by atoms with E-state index in [2.05, 4.69) is 20.6 Å². The quantitative estimate of drug-likeness (QED) is 0.639. The first-order valence-electron chi connectivity index (χ1n) is 10.7. The molecule has 3 heterocycles. The molecule has 0 radical (unpaired) electrons. The zero-order valence-electron chi connectivity index (χ0n) is 18.2. The Kier molecular flexibility index (Phi) is 6.44. The van der Waals surface area contributed by atoms with Gasteiger partial charge >= 0.3 is 0 Å². The number of nitrogens with zero attached hydrogens (tertiary/aromatic N) is 5. The maximum atomic E-state index is 13.2. The molecule has 0 saturated carbocycles. The van der Waals surface area contributed by atoms with Crippen LogP contribution >= 0.6 is 0 Å². The van der Waals surface area contributed by atoms with Crippen LogP contribution in [0.2, 0.25) is 0 Å². The lowest BCUT2D eigenvalue weighted by Crippen LogP contribution is -2.46. The van der Waals surface area contributed by atoms with E-state index in [0.717, 1.165) is 5.69 Å². The third-order valence-electron chi connectivity index (χ3n) is 5.64. The first kappa shape index (κ1) is 21.5. The second-order valence-corrected chi connectivity index (χ2v) is 7.61. The Hall–Kier alpha value is -3.75. The van der Waals surface area contributed by atoms with Crippen molar-refractivity contribution in [3.05, 3.63) is 65.5 Å². The topological polar surface area (TPSA) is 102 Å². The van der Waals surface area contributed by atoms with Crippen molar-refractivity contribution < 1.29 is 14.3 Å². The van der Waals surface area contributed by atoms with Gasteiger partial charge in [0.05, 0.1) is 24.6 Å². The largest absolute Gasteiger partial charge is 0.480 e. The molecule has 9 nitrogen and oxygen atoms in total. The van der Waals surface area contributed by atoms with Gasteiger partial charge < -0.3 is 15.0 Å². The second-order valence-electron chi connectivity index (χ2n) is 7.61. The Morgan fingerprint density at radius 3 is 2.47 bits per heavy atom. The molecule has 2 aromatic heterocycles. The number of likely N-dealkylation sites (tertiary alicyclic amines) is 1. The molecule has 1 saturated heterocycles. The van der Waals surface area contributed by atoms with E-state index in [1.807, 2.05) is 30.0 Å². The average molecular weight is 435 g/mol. The van der Waals surface area contributed by atoms with Crippen molar-refractivity contribution in [2.75, 3.05) is 20.2 Å². The van der Waals surface area contributed by atoms with Crippen LogP contribution < -0.4 is 10.1 Å². The first-order chi connectivity index (χ1) is 15.6. The van der Waals surface area contributed by atoms with Gasteiger partial charge in [0.15, 0.2) is 5.82 Å². The molecular weight excluding hydrogens is 408 g/mol. The van der Waals surface area contributed by atoms with Gasteiger partial charge in [-0.05, 0) is 37.5 Å². The van der Waals surface area contributed by atoms with Gasteiger partial charge in [-0.2, -0.15) is 5.10 Å². The van der Waals surface area contributed by atoms with Gasteiger partial charge in [-0.15, -0.1) is 10.2 Å². The molecule has 2 amide bonds. The SMILES string of the molecule is CCc1c(C(=O)N2CCC(NC(=O)c3ccccc3)CC2)cnn1-c1ccc(OC)nn1. The van der Waals surface area contributed by atoms with Crippen LogP contribution in [0.25, 0.3) is 5.82 Å². The van der Waals surface area contributed by atoms with Crippen LogP contribution in [0.3, 0.4) is 0 Å². The number of hydrogen-bond acceptors (Lipinski definition) is 6. The zero-order valence-corrected chi connectivity index (χ0v) is 18.2. The summed E-state index contributed by atoms with van der Waals surface area (Å²) in [5.74, 6) is 0.814. The summed E-state index contributed by atoms with van der Waals surface area (Å²) in [6.07, 6.45) is 3.64. The molecule has 1 aromatic carbocycles. The highest BCUT2D eigenvalue weighted by Gasteiger charge is 2.28. The number of nitrogens with one attached hydrogen (secondary N) is 1. The van der Waals surface area contributed by atoms with Crippen molar-refractivity contribution in [3.63, 3.8) is 0 Å². The van der Waals surface area contributed by atoms with Crippen LogP contribution in [0.1, 0.15) is 46.2 Å². The smallest absolute Gasteiger partial charge is 0.257 e. The van der Waals surface area contributed by atoms with E-state index < -0.39 is 0 Å². The molecule has 1 N–H and O–H groups in total. The number of benzene rings is 1. The van der Waals surface area contributed by atoms with Crippen LogP contribution in [0.5, 0.6) is 5.88 Å². The van der Waals surface area contributed by atoms with E-state index in [1.54, 1.807) is 35.1 Å². The fourth-order valence-electron chi connectivity index (χ4n) is 3.88. The Balaban J connectivity index is 1.41. The van der Waals surface area contributed by atoms with Crippen LogP contribution in [-0.2, 0) is 6.42 Å². The van der Waals surface area contributed by atoms with Crippen molar-refractivity contribution in [1.82, 2.24) is 30.2 Å². The van der Waals surface area contributed by atoms with Gasteiger partial charge in [0, 0.05) is 30.8 Å². The van der Waals surface area contributed by atoms with Crippen LogP contribution in [0.4, 0.5) is 0 Å². The Morgan fingerprint density at radius 2 is 1.84 bits per heavy atom. The minimum Gasteiger partial charge on any atom is -0.480 e. The molecule has 0 bridgehead atoms. The normalized spacial score (nSPS) is 14.2. The highest BCUT2D eigenvalue weighted by molar-refractivity contribution is 5.96. The summed E-state index contributed by atoms with van der Waals surface area (Å²) in [6.45, 7) is 3.14. The monoisotopic (exact) mass is 434 g/mol. The highest BCUT2D eigenvalue weighted by atomic mass is 16.5. The van der Waals surface area contributed by atoms with Crippen LogP contribution in [0.15, 0.2) is 48.7 Å². The Bertz CT molecular complexity index is 1070. The number of rotatable bonds is 6. The van der Waals surface area contributed by atoms with Crippen molar-refractivity contribution in [3.8, 4) is 11.7 Å². The third-order valence-corrected chi connectivity index (χ3v) is 5.64. The van der Waals surface area contributed by atoms with Gasteiger partial charge in [-0.25, -0.2) is 4.68 Å². The van der Waals surface area contributed by atoms with E-state index in [4.69, 9.17) is 4.74 Å². The van der Waals surface area contributed by atoms with Gasteiger partial charge in [0.1, 0.15) is 0 Å². The summed E-state index contributed by atoms with van der Waals surface area (Å²) >= 11 is 0. The molecule has 166 valence electrons. The van der Waals surface area contributed by atoms with Crippen molar-refractivity contribution in [2.45, 2.75) is 32.2 Å². The van der Waals surface area contributed by atoms with E-state index in [9.17, 15) is 9.59 Å². The molecule has 0 unspecified atom stereocenters. The van der Waals surface area contributed by atoms with Gasteiger partial charge in [-0.3, -0.25) is 9.59 Å². The molecule has 1 fully saturated rings.